The zero-order chi connectivity index (χ0) is 22.0. The highest BCUT2D eigenvalue weighted by Gasteiger charge is 2.28. The minimum atomic E-state index is -3.74. The lowest BCUT2D eigenvalue weighted by Crippen LogP contribution is -2.32. The molecule has 1 N–H and O–H groups in total. The molecule has 1 amide bonds. The molecule has 2 aromatic rings. The van der Waals surface area contributed by atoms with E-state index < -0.39 is 10.0 Å². The van der Waals surface area contributed by atoms with Gasteiger partial charge in [-0.2, -0.15) is 4.31 Å². The number of hydrogen-bond acceptors (Lipinski definition) is 3. The maximum Gasteiger partial charge on any atom is 0.251 e. The molecule has 1 saturated heterocycles. The summed E-state index contributed by atoms with van der Waals surface area (Å²) in [4.78, 5) is 12.9. The molecule has 2 aliphatic rings. The molecule has 0 bridgehead atoms. The molecule has 166 valence electrons. The van der Waals surface area contributed by atoms with Gasteiger partial charge in [-0.1, -0.05) is 42.6 Å². The van der Waals surface area contributed by atoms with Crippen LogP contribution in [-0.4, -0.2) is 31.7 Å². The quantitative estimate of drug-likeness (QED) is 0.691. The average molecular weight is 461 g/mol. The molecule has 4 rings (SSSR count). The molecule has 1 fully saturated rings. The molecule has 0 radical (unpaired) electrons. The van der Waals surface area contributed by atoms with Crippen LogP contribution < -0.4 is 5.32 Å². The second-order valence-corrected chi connectivity index (χ2v) is 10.9. The van der Waals surface area contributed by atoms with Crippen molar-refractivity contribution in [2.75, 3.05) is 13.1 Å². The SMILES string of the molecule is CC(NC(=O)c1ccc(Cl)c(S(=O)(=O)N2CCCCCC2)c1)c1ccc2c(c1)CCC2. The van der Waals surface area contributed by atoms with Crippen molar-refractivity contribution in [2.45, 2.75) is 62.8 Å². The summed E-state index contributed by atoms with van der Waals surface area (Å²) in [6.07, 6.45) is 7.13. The number of sulfonamides is 1. The van der Waals surface area contributed by atoms with Crippen LogP contribution >= 0.6 is 11.6 Å². The Kier molecular flexibility index (Phi) is 6.70. The van der Waals surface area contributed by atoms with Crippen LogP contribution in [0.4, 0.5) is 0 Å². The van der Waals surface area contributed by atoms with Crippen molar-refractivity contribution in [3.05, 3.63) is 63.7 Å². The fraction of sp³-hybridized carbons (Fsp3) is 0.458. The van der Waals surface area contributed by atoms with Crippen molar-refractivity contribution < 1.29 is 13.2 Å². The molecule has 0 saturated carbocycles. The fourth-order valence-corrected chi connectivity index (χ4v) is 6.51. The van der Waals surface area contributed by atoms with Gasteiger partial charge in [0.25, 0.3) is 5.91 Å². The number of aryl methyl sites for hydroxylation is 2. The normalized spacial score (nSPS) is 18.3. The molecule has 0 aromatic heterocycles. The number of halogens is 1. The van der Waals surface area contributed by atoms with Gasteiger partial charge in [0, 0.05) is 18.7 Å². The Labute approximate surface area is 189 Å². The first-order chi connectivity index (χ1) is 14.9. The molecular weight excluding hydrogens is 432 g/mol. The van der Waals surface area contributed by atoms with E-state index in [2.05, 4.69) is 23.5 Å². The third-order valence-corrected chi connectivity index (χ3v) is 8.73. The third-order valence-electron chi connectivity index (χ3n) is 6.35. The standard InChI is InChI=1S/C24H29ClN2O3S/c1-17(19-10-9-18-7-6-8-20(18)15-19)26-24(28)21-11-12-22(25)23(16-21)31(29,30)27-13-4-2-3-5-14-27/h9-12,15-17H,2-8,13-14H2,1H3,(H,26,28). The zero-order valence-electron chi connectivity index (χ0n) is 17.9. The Morgan fingerprint density at radius 1 is 0.968 bits per heavy atom. The number of fused-ring (bicyclic) bond motifs is 1. The summed E-state index contributed by atoms with van der Waals surface area (Å²) < 4.78 is 27.9. The molecule has 1 unspecified atom stereocenters. The maximum atomic E-state index is 13.2. The van der Waals surface area contributed by atoms with E-state index in [9.17, 15) is 13.2 Å². The predicted molar refractivity (Wildman–Crippen MR) is 123 cm³/mol. The topological polar surface area (TPSA) is 66.5 Å². The van der Waals surface area contributed by atoms with Crippen LogP contribution in [-0.2, 0) is 22.9 Å². The van der Waals surface area contributed by atoms with Gasteiger partial charge in [-0.05, 0) is 73.9 Å². The van der Waals surface area contributed by atoms with E-state index in [1.54, 1.807) is 6.07 Å². The van der Waals surface area contributed by atoms with E-state index >= 15 is 0 Å². The highest BCUT2D eigenvalue weighted by Crippen LogP contribution is 2.29. The number of nitrogens with one attached hydrogen (secondary N) is 1. The predicted octanol–water partition coefficient (Wildman–Crippen LogP) is 4.88. The van der Waals surface area contributed by atoms with Crippen molar-refractivity contribution in [3.63, 3.8) is 0 Å². The van der Waals surface area contributed by atoms with Crippen LogP contribution in [0.15, 0.2) is 41.3 Å². The van der Waals surface area contributed by atoms with E-state index in [1.807, 2.05) is 6.92 Å². The van der Waals surface area contributed by atoms with Crippen molar-refractivity contribution in [1.29, 1.82) is 0 Å². The average Bonchev–Trinajstić information content (AvgIpc) is 3.04. The second-order valence-electron chi connectivity index (χ2n) is 8.54. The van der Waals surface area contributed by atoms with Gasteiger partial charge >= 0.3 is 0 Å². The molecule has 31 heavy (non-hydrogen) atoms. The fourth-order valence-electron chi connectivity index (χ4n) is 4.49. The molecule has 1 heterocycles. The Bertz CT molecular complexity index is 1080. The van der Waals surface area contributed by atoms with Crippen molar-refractivity contribution >= 4 is 27.5 Å². The largest absolute Gasteiger partial charge is 0.346 e. The first kappa shape index (κ1) is 22.3. The first-order valence-electron chi connectivity index (χ1n) is 11.1. The van der Waals surface area contributed by atoms with Gasteiger partial charge in [0.15, 0.2) is 0 Å². The summed E-state index contributed by atoms with van der Waals surface area (Å²) in [7, 11) is -3.74. The van der Waals surface area contributed by atoms with Gasteiger partial charge < -0.3 is 5.32 Å². The van der Waals surface area contributed by atoms with Gasteiger partial charge in [0.05, 0.1) is 11.1 Å². The Morgan fingerprint density at radius 3 is 2.42 bits per heavy atom. The van der Waals surface area contributed by atoms with E-state index in [4.69, 9.17) is 11.6 Å². The van der Waals surface area contributed by atoms with Gasteiger partial charge in [-0.3, -0.25) is 4.79 Å². The minimum absolute atomic E-state index is 0.00824. The van der Waals surface area contributed by atoms with Gasteiger partial charge in [-0.15, -0.1) is 0 Å². The number of benzene rings is 2. The van der Waals surface area contributed by atoms with E-state index in [1.165, 1.54) is 34.0 Å². The Morgan fingerprint density at radius 2 is 1.68 bits per heavy atom. The Hall–Kier alpha value is -1.89. The number of carbonyl (C=O) groups excluding carboxylic acids is 1. The van der Waals surface area contributed by atoms with E-state index in [-0.39, 0.29) is 21.9 Å². The lowest BCUT2D eigenvalue weighted by atomic mass is 10.0. The van der Waals surface area contributed by atoms with Crippen molar-refractivity contribution in [3.8, 4) is 0 Å². The van der Waals surface area contributed by atoms with Crippen LogP contribution in [0.3, 0.4) is 0 Å². The minimum Gasteiger partial charge on any atom is -0.346 e. The highest BCUT2D eigenvalue weighted by molar-refractivity contribution is 7.89. The lowest BCUT2D eigenvalue weighted by molar-refractivity contribution is 0.0939. The Balaban J connectivity index is 1.54. The van der Waals surface area contributed by atoms with Gasteiger partial charge in [-0.25, -0.2) is 8.42 Å². The number of rotatable bonds is 5. The van der Waals surface area contributed by atoms with E-state index in [0.29, 0.717) is 18.7 Å². The molecular formula is C24H29ClN2O3S. The monoisotopic (exact) mass is 460 g/mol. The first-order valence-corrected chi connectivity index (χ1v) is 12.9. The highest BCUT2D eigenvalue weighted by atomic mass is 35.5. The maximum absolute atomic E-state index is 13.2. The summed E-state index contributed by atoms with van der Waals surface area (Å²) in [5.74, 6) is -0.308. The lowest BCUT2D eigenvalue weighted by Gasteiger charge is -2.21. The number of carbonyl (C=O) groups is 1. The zero-order valence-corrected chi connectivity index (χ0v) is 19.4. The number of hydrogen-bond donors (Lipinski definition) is 1. The summed E-state index contributed by atoms with van der Waals surface area (Å²) in [5, 5.41) is 3.15. The summed E-state index contributed by atoms with van der Waals surface area (Å²) in [5.41, 5.74) is 4.10. The van der Waals surface area contributed by atoms with Crippen LogP contribution in [0.1, 0.15) is 72.1 Å². The van der Waals surface area contributed by atoms with E-state index in [0.717, 1.165) is 44.1 Å². The number of amides is 1. The van der Waals surface area contributed by atoms with Crippen LogP contribution in [0, 0.1) is 0 Å². The van der Waals surface area contributed by atoms with Crippen LogP contribution in [0.5, 0.6) is 0 Å². The molecule has 1 aliphatic heterocycles. The molecule has 1 aliphatic carbocycles. The second kappa shape index (κ2) is 9.31. The molecule has 7 heteroatoms. The number of nitrogens with zero attached hydrogens (tertiary/aromatic N) is 1. The summed E-state index contributed by atoms with van der Waals surface area (Å²) in [6, 6.07) is 10.7. The summed E-state index contributed by atoms with van der Waals surface area (Å²) in [6.45, 7) is 2.92. The van der Waals surface area contributed by atoms with Crippen LogP contribution in [0.25, 0.3) is 0 Å². The van der Waals surface area contributed by atoms with Gasteiger partial charge in [0.2, 0.25) is 10.0 Å². The summed E-state index contributed by atoms with van der Waals surface area (Å²) >= 11 is 6.26. The van der Waals surface area contributed by atoms with Crippen LogP contribution in [0.2, 0.25) is 5.02 Å². The molecule has 1 atom stereocenters. The van der Waals surface area contributed by atoms with Crippen molar-refractivity contribution in [1.82, 2.24) is 9.62 Å². The van der Waals surface area contributed by atoms with Gasteiger partial charge in [0.1, 0.15) is 4.90 Å². The molecule has 2 aromatic carbocycles. The third kappa shape index (κ3) is 4.81. The molecule has 5 nitrogen and oxygen atoms in total. The van der Waals surface area contributed by atoms with Crippen molar-refractivity contribution in [2.24, 2.45) is 0 Å². The smallest absolute Gasteiger partial charge is 0.251 e. The molecule has 0 spiro atoms.